The van der Waals surface area contributed by atoms with Gasteiger partial charge in [-0.2, -0.15) is 0 Å². The molecule has 0 saturated heterocycles. The minimum absolute atomic E-state index is 0.155. The van der Waals surface area contributed by atoms with E-state index >= 15 is 0 Å². The molecule has 0 aromatic carbocycles. The first-order chi connectivity index (χ1) is 5.72. The summed E-state index contributed by atoms with van der Waals surface area (Å²) in [7, 11) is 0. The normalized spacial score (nSPS) is 18.8. The van der Waals surface area contributed by atoms with Crippen molar-refractivity contribution in [1.29, 1.82) is 0 Å². The molecule has 1 saturated carbocycles. The molecule has 0 aliphatic heterocycles. The Labute approximate surface area is 77.5 Å². The number of nitrogens with two attached hydrogens (primary N) is 1. The molecule has 0 heterocycles. The van der Waals surface area contributed by atoms with Gasteiger partial charge in [0.05, 0.1) is 5.75 Å². The number of rotatable bonds is 5. The average molecular weight is 188 g/mol. The van der Waals surface area contributed by atoms with Crippen molar-refractivity contribution >= 4 is 17.7 Å². The van der Waals surface area contributed by atoms with Crippen LogP contribution < -0.4 is 11.1 Å². The van der Waals surface area contributed by atoms with Gasteiger partial charge in [0, 0.05) is 17.8 Å². The van der Waals surface area contributed by atoms with E-state index in [1.807, 2.05) is 6.92 Å². The van der Waals surface area contributed by atoms with Crippen LogP contribution >= 0.6 is 11.8 Å². The molecule has 0 radical (unpaired) electrons. The molecule has 1 aliphatic rings. The van der Waals surface area contributed by atoms with Gasteiger partial charge in [-0.15, -0.1) is 11.8 Å². The van der Waals surface area contributed by atoms with Crippen molar-refractivity contribution in [3.63, 3.8) is 0 Å². The molecule has 4 heteroatoms. The zero-order valence-corrected chi connectivity index (χ0v) is 8.19. The lowest BCUT2D eigenvalue weighted by Crippen LogP contribution is -2.28. The predicted molar refractivity (Wildman–Crippen MR) is 52.1 cm³/mol. The van der Waals surface area contributed by atoms with Crippen molar-refractivity contribution in [3.8, 4) is 0 Å². The first-order valence-electron chi connectivity index (χ1n) is 4.33. The largest absolute Gasteiger partial charge is 0.353 e. The van der Waals surface area contributed by atoms with Gasteiger partial charge in [-0.05, 0) is 12.8 Å². The van der Waals surface area contributed by atoms with Crippen LogP contribution in [0.15, 0.2) is 0 Å². The number of carbonyl (C=O) groups is 1. The fourth-order valence-electron chi connectivity index (χ4n) is 0.783. The van der Waals surface area contributed by atoms with Crippen molar-refractivity contribution in [2.24, 2.45) is 5.73 Å². The molecule has 1 unspecified atom stereocenters. The number of hydrogen-bond donors (Lipinski definition) is 2. The zero-order chi connectivity index (χ0) is 8.97. The molecular formula is C8H16N2OS. The van der Waals surface area contributed by atoms with Crippen LogP contribution in [0.2, 0.25) is 0 Å². The van der Waals surface area contributed by atoms with Crippen molar-refractivity contribution in [2.75, 3.05) is 12.3 Å². The predicted octanol–water partition coefficient (Wildman–Crippen LogP) is 0.345. The minimum atomic E-state index is 0.155. The average Bonchev–Trinajstić information content (AvgIpc) is 2.84. The Morgan fingerprint density at radius 1 is 1.75 bits per heavy atom. The van der Waals surface area contributed by atoms with E-state index in [1.54, 1.807) is 11.8 Å². The van der Waals surface area contributed by atoms with Gasteiger partial charge < -0.3 is 11.1 Å². The van der Waals surface area contributed by atoms with Gasteiger partial charge in [0.1, 0.15) is 0 Å². The molecule has 0 aromatic heterocycles. The van der Waals surface area contributed by atoms with Gasteiger partial charge in [0.15, 0.2) is 0 Å². The lowest BCUT2D eigenvalue weighted by atomic mass is 10.5. The van der Waals surface area contributed by atoms with Crippen LogP contribution in [0, 0.1) is 0 Å². The number of amides is 1. The summed E-state index contributed by atoms with van der Waals surface area (Å²) in [5.41, 5.74) is 5.42. The van der Waals surface area contributed by atoms with Crippen LogP contribution in [0.1, 0.15) is 19.8 Å². The summed E-state index contributed by atoms with van der Waals surface area (Å²) >= 11 is 1.62. The molecular weight excluding hydrogens is 172 g/mol. The highest BCUT2D eigenvalue weighted by molar-refractivity contribution is 8.00. The quantitative estimate of drug-likeness (QED) is 0.654. The van der Waals surface area contributed by atoms with Crippen LogP contribution in [0.25, 0.3) is 0 Å². The molecule has 1 amide bonds. The summed E-state index contributed by atoms with van der Waals surface area (Å²) in [5, 5.41) is 3.32. The molecule has 1 atom stereocenters. The molecule has 3 nitrogen and oxygen atoms in total. The molecule has 1 aliphatic carbocycles. The van der Waals surface area contributed by atoms with E-state index < -0.39 is 0 Å². The Morgan fingerprint density at radius 2 is 2.42 bits per heavy atom. The second kappa shape index (κ2) is 4.72. The Hall–Kier alpha value is -0.220. The summed E-state index contributed by atoms with van der Waals surface area (Å²) in [6, 6.07) is 0.478. The molecule has 70 valence electrons. The van der Waals surface area contributed by atoms with Crippen molar-refractivity contribution in [1.82, 2.24) is 5.32 Å². The van der Waals surface area contributed by atoms with Crippen molar-refractivity contribution < 1.29 is 4.79 Å². The summed E-state index contributed by atoms with van der Waals surface area (Å²) in [4.78, 5) is 11.1. The van der Waals surface area contributed by atoms with E-state index in [1.165, 1.54) is 0 Å². The highest BCUT2D eigenvalue weighted by Gasteiger charge is 2.23. The first-order valence-corrected chi connectivity index (χ1v) is 5.38. The van der Waals surface area contributed by atoms with Crippen LogP contribution in [0.5, 0.6) is 0 Å². The Balaban J connectivity index is 2.00. The third-order valence-corrected chi connectivity index (χ3v) is 2.96. The van der Waals surface area contributed by atoms with Gasteiger partial charge >= 0.3 is 0 Å². The third-order valence-electron chi connectivity index (χ3n) is 1.77. The van der Waals surface area contributed by atoms with E-state index in [4.69, 9.17) is 5.73 Å². The van der Waals surface area contributed by atoms with Crippen molar-refractivity contribution in [3.05, 3.63) is 0 Å². The number of carbonyl (C=O) groups excluding carboxylic acids is 1. The van der Waals surface area contributed by atoms with Gasteiger partial charge in [0.2, 0.25) is 5.91 Å². The van der Waals surface area contributed by atoms with Gasteiger partial charge in [-0.3, -0.25) is 4.79 Å². The van der Waals surface area contributed by atoms with E-state index in [9.17, 15) is 4.79 Å². The Bertz CT molecular complexity index is 159. The highest BCUT2D eigenvalue weighted by Crippen LogP contribution is 2.19. The summed E-state index contributed by atoms with van der Waals surface area (Å²) in [6.07, 6.45) is 2.31. The second-order valence-corrected chi connectivity index (χ2v) is 4.63. The molecule has 0 aromatic rings. The molecule has 0 spiro atoms. The topological polar surface area (TPSA) is 55.1 Å². The monoisotopic (exact) mass is 188 g/mol. The number of hydrogen-bond acceptors (Lipinski definition) is 3. The third kappa shape index (κ3) is 3.97. The molecule has 1 fully saturated rings. The maximum absolute atomic E-state index is 11.1. The maximum Gasteiger partial charge on any atom is 0.230 e. The fourth-order valence-corrected chi connectivity index (χ4v) is 1.44. The minimum Gasteiger partial charge on any atom is -0.353 e. The summed E-state index contributed by atoms with van der Waals surface area (Å²) in [5.74, 6) is 0.706. The Morgan fingerprint density at radius 3 is 2.92 bits per heavy atom. The standard InChI is InChI=1S/C8H16N2OS/c1-6(4-9)12-5-8(11)10-7-2-3-7/h6-7H,2-5,9H2,1H3,(H,10,11). The lowest BCUT2D eigenvalue weighted by Gasteiger charge is -2.07. The molecule has 3 N–H and O–H groups in total. The first kappa shape index (κ1) is 9.86. The Kier molecular flexibility index (Phi) is 3.88. The second-order valence-electron chi connectivity index (χ2n) is 3.20. The van der Waals surface area contributed by atoms with E-state index in [0.717, 1.165) is 12.8 Å². The van der Waals surface area contributed by atoms with Crippen LogP contribution in [0.4, 0.5) is 0 Å². The van der Waals surface area contributed by atoms with E-state index in [2.05, 4.69) is 5.32 Å². The summed E-state index contributed by atoms with van der Waals surface area (Å²) in [6.45, 7) is 2.68. The van der Waals surface area contributed by atoms with E-state index in [0.29, 0.717) is 23.6 Å². The van der Waals surface area contributed by atoms with Gasteiger partial charge in [-0.25, -0.2) is 0 Å². The lowest BCUT2D eigenvalue weighted by molar-refractivity contribution is -0.118. The molecule has 0 bridgehead atoms. The van der Waals surface area contributed by atoms with E-state index in [-0.39, 0.29) is 5.91 Å². The summed E-state index contributed by atoms with van der Waals surface area (Å²) < 4.78 is 0. The van der Waals surface area contributed by atoms with Crippen LogP contribution in [0.3, 0.4) is 0 Å². The zero-order valence-electron chi connectivity index (χ0n) is 7.38. The number of thioether (sulfide) groups is 1. The smallest absolute Gasteiger partial charge is 0.230 e. The molecule has 1 rings (SSSR count). The maximum atomic E-state index is 11.1. The van der Waals surface area contributed by atoms with Gasteiger partial charge in [-0.1, -0.05) is 6.92 Å². The van der Waals surface area contributed by atoms with Gasteiger partial charge in [0.25, 0.3) is 0 Å². The van der Waals surface area contributed by atoms with Crippen molar-refractivity contribution in [2.45, 2.75) is 31.1 Å². The highest BCUT2D eigenvalue weighted by atomic mass is 32.2. The molecule has 12 heavy (non-hydrogen) atoms. The van der Waals surface area contributed by atoms with Crippen LogP contribution in [-0.4, -0.2) is 29.5 Å². The SMILES string of the molecule is CC(CN)SCC(=O)NC1CC1. The number of nitrogens with one attached hydrogen (secondary N) is 1. The fraction of sp³-hybridized carbons (Fsp3) is 0.875. The van der Waals surface area contributed by atoms with Crippen LogP contribution in [-0.2, 0) is 4.79 Å².